The van der Waals surface area contributed by atoms with E-state index in [0.717, 1.165) is 10.2 Å². The third-order valence-electron chi connectivity index (χ3n) is 2.70. The Morgan fingerprint density at radius 2 is 2.00 bits per heavy atom. The maximum atomic E-state index is 11.7. The number of hydrogen-bond donors (Lipinski definition) is 2. The van der Waals surface area contributed by atoms with Crippen LogP contribution in [0.1, 0.15) is 6.92 Å². The van der Waals surface area contributed by atoms with Crippen molar-refractivity contribution in [1.29, 1.82) is 0 Å². The molecule has 0 aromatic rings. The molecule has 3 N–H and O–H groups in total. The minimum absolute atomic E-state index is 0.442. The highest BCUT2D eigenvalue weighted by molar-refractivity contribution is 7.87. The van der Waals surface area contributed by atoms with E-state index in [-0.39, 0.29) is 0 Å². The van der Waals surface area contributed by atoms with Crippen molar-refractivity contribution in [2.45, 2.75) is 19.1 Å². The van der Waals surface area contributed by atoms with E-state index in [9.17, 15) is 22.8 Å². The lowest BCUT2D eigenvalue weighted by molar-refractivity contribution is -0.399. The third kappa shape index (κ3) is 1.94. The van der Waals surface area contributed by atoms with Gasteiger partial charge in [0.25, 0.3) is 16.1 Å². The molecule has 12 heteroatoms. The van der Waals surface area contributed by atoms with Crippen LogP contribution in [-0.4, -0.2) is 60.7 Å². The van der Waals surface area contributed by atoms with Gasteiger partial charge in [0.05, 0.1) is 7.11 Å². The zero-order valence-corrected chi connectivity index (χ0v) is 10.7. The number of hydroxylamine groups is 1. The van der Waals surface area contributed by atoms with Gasteiger partial charge in [0.2, 0.25) is 5.91 Å². The van der Waals surface area contributed by atoms with Gasteiger partial charge in [0.1, 0.15) is 0 Å². The molecule has 2 unspecified atom stereocenters. The van der Waals surface area contributed by atoms with E-state index in [2.05, 4.69) is 5.14 Å². The molecular formula is C7H11N5O6S. The predicted octanol–water partition coefficient (Wildman–Crippen LogP) is -2.92. The molecule has 2 heterocycles. The Bertz CT molecular complexity index is 560. The number of carbonyl (C=O) groups excluding carboxylic acids is 3. The van der Waals surface area contributed by atoms with Crippen molar-refractivity contribution in [3.8, 4) is 0 Å². The third-order valence-corrected chi connectivity index (χ3v) is 3.16. The van der Waals surface area contributed by atoms with Crippen LogP contribution in [0.5, 0.6) is 0 Å². The zero-order valence-electron chi connectivity index (χ0n) is 9.93. The largest absolute Gasteiger partial charge is 0.340 e. The summed E-state index contributed by atoms with van der Waals surface area (Å²) in [5.41, 5.74) is 0. The van der Waals surface area contributed by atoms with Gasteiger partial charge in [-0.3, -0.25) is 14.4 Å². The highest BCUT2D eigenvalue weighted by Crippen LogP contribution is 2.39. The number of hydrazine groups is 1. The number of urea groups is 1. The molecule has 0 bridgehead atoms. The molecule has 2 aliphatic heterocycles. The maximum Gasteiger partial charge on any atom is 0.340 e. The van der Waals surface area contributed by atoms with E-state index in [1.807, 2.05) is 0 Å². The fourth-order valence-electron chi connectivity index (χ4n) is 2.01. The molecule has 2 saturated heterocycles. The molecule has 0 aromatic carbocycles. The van der Waals surface area contributed by atoms with Crippen molar-refractivity contribution in [1.82, 2.24) is 19.8 Å². The summed E-state index contributed by atoms with van der Waals surface area (Å²) in [6.07, 6.45) is -0.858. The summed E-state index contributed by atoms with van der Waals surface area (Å²) < 4.78 is 22.9. The van der Waals surface area contributed by atoms with Crippen LogP contribution in [0.2, 0.25) is 0 Å². The second-order valence-corrected chi connectivity index (χ2v) is 5.16. The molecule has 0 saturated carbocycles. The average Bonchev–Trinajstić information content (AvgIpc) is 2.20. The summed E-state index contributed by atoms with van der Waals surface area (Å²) in [6, 6.07) is -2.05. The second-order valence-electron chi connectivity index (χ2n) is 3.87. The average molecular weight is 293 g/mol. The molecule has 0 radical (unpaired) electrons. The van der Waals surface area contributed by atoms with Gasteiger partial charge in [-0.05, 0) is 0 Å². The van der Waals surface area contributed by atoms with Gasteiger partial charge in [-0.1, -0.05) is 5.17 Å². The smallest absolute Gasteiger partial charge is 0.280 e. The number of nitrogens with two attached hydrogens (primary N) is 1. The number of nitrogens with one attached hydrogen (secondary N) is 1. The molecule has 2 aliphatic rings. The standard InChI is InChI=1S/C7H11N5O6S/c1-3(13)11-4-5(12(11)18-2)10(6(4)14)7(15)9-19(8,16)17/h4-5H,1-2H3,(H,9,15)(H2,8,16,17). The first-order chi connectivity index (χ1) is 8.69. The molecule has 2 atom stereocenters. The van der Waals surface area contributed by atoms with Gasteiger partial charge in [-0.15, -0.1) is 0 Å². The summed E-state index contributed by atoms with van der Waals surface area (Å²) in [4.78, 5) is 39.9. The Hall–Kier alpha value is -1.76. The summed E-state index contributed by atoms with van der Waals surface area (Å²) in [5.74, 6) is -1.15. The van der Waals surface area contributed by atoms with Gasteiger partial charge in [-0.25, -0.2) is 24.6 Å². The van der Waals surface area contributed by atoms with E-state index in [4.69, 9.17) is 4.84 Å². The molecule has 106 valence electrons. The molecule has 2 fully saturated rings. The van der Waals surface area contributed by atoms with Crippen LogP contribution in [0.15, 0.2) is 0 Å². The Balaban J connectivity index is 2.14. The van der Waals surface area contributed by atoms with Crippen LogP contribution in [0.3, 0.4) is 0 Å². The van der Waals surface area contributed by atoms with Crippen LogP contribution in [0.25, 0.3) is 0 Å². The Morgan fingerprint density at radius 1 is 1.42 bits per heavy atom. The fourth-order valence-corrected chi connectivity index (χ4v) is 2.35. The van der Waals surface area contributed by atoms with Crippen LogP contribution in [0.4, 0.5) is 4.79 Å². The zero-order chi connectivity index (χ0) is 14.5. The van der Waals surface area contributed by atoms with Crippen LogP contribution >= 0.6 is 0 Å². The highest BCUT2D eigenvalue weighted by Gasteiger charge is 2.68. The number of fused-ring (bicyclic) bond motifs is 1. The number of hydrogen-bond acceptors (Lipinski definition) is 7. The molecule has 0 aromatic heterocycles. The van der Waals surface area contributed by atoms with E-state index >= 15 is 0 Å². The van der Waals surface area contributed by atoms with Crippen molar-refractivity contribution < 1.29 is 27.6 Å². The number of carbonyl (C=O) groups is 3. The first kappa shape index (κ1) is 13.7. The number of β-lactam (4-membered cyclic amide) rings is 1. The number of likely N-dealkylation sites (tertiary alicyclic amines) is 1. The first-order valence-electron chi connectivity index (χ1n) is 4.99. The minimum Gasteiger partial charge on any atom is -0.280 e. The second kappa shape index (κ2) is 4.12. The lowest BCUT2D eigenvalue weighted by Crippen LogP contribution is -2.90. The monoisotopic (exact) mass is 293 g/mol. The van der Waals surface area contributed by atoms with Crippen molar-refractivity contribution in [2.75, 3.05) is 7.11 Å². The van der Waals surface area contributed by atoms with Gasteiger partial charge in [0, 0.05) is 6.92 Å². The number of amides is 4. The quantitative estimate of drug-likeness (QED) is 0.519. The molecule has 19 heavy (non-hydrogen) atoms. The summed E-state index contributed by atoms with van der Waals surface area (Å²) in [7, 11) is -3.03. The number of nitrogens with zero attached hydrogens (tertiary/aromatic N) is 3. The molecular weight excluding hydrogens is 282 g/mol. The molecule has 11 nitrogen and oxygen atoms in total. The Labute approximate surface area is 108 Å². The van der Waals surface area contributed by atoms with E-state index < -0.39 is 40.3 Å². The van der Waals surface area contributed by atoms with Crippen LogP contribution < -0.4 is 9.86 Å². The Morgan fingerprint density at radius 3 is 2.42 bits per heavy atom. The van der Waals surface area contributed by atoms with Crippen LogP contribution in [0, 0.1) is 0 Å². The SMILES string of the molecule is CON1C2C(C(=O)N2C(=O)NS(N)(=O)=O)N1C(C)=O. The van der Waals surface area contributed by atoms with Gasteiger partial charge in [0.15, 0.2) is 12.2 Å². The summed E-state index contributed by atoms with van der Waals surface area (Å²) in [6.45, 7) is 1.22. The van der Waals surface area contributed by atoms with E-state index in [1.165, 1.54) is 18.8 Å². The molecule has 0 spiro atoms. The first-order valence-corrected chi connectivity index (χ1v) is 6.54. The Kier molecular flexibility index (Phi) is 2.97. The molecule has 4 amide bonds. The number of rotatable bonds is 2. The van der Waals surface area contributed by atoms with Crippen molar-refractivity contribution in [3.05, 3.63) is 0 Å². The summed E-state index contributed by atoms with van der Waals surface area (Å²) >= 11 is 0. The van der Waals surface area contributed by atoms with Gasteiger partial charge in [-0.2, -0.15) is 8.42 Å². The lowest BCUT2D eigenvalue weighted by atomic mass is 9.97. The van der Waals surface area contributed by atoms with Crippen LogP contribution in [-0.2, 0) is 24.6 Å². The normalized spacial score (nSPS) is 26.4. The van der Waals surface area contributed by atoms with E-state index in [0.29, 0.717) is 4.90 Å². The topological polar surface area (TPSA) is 142 Å². The van der Waals surface area contributed by atoms with Crippen molar-refractivity contribution >= 4 is 28.1 Å². The van der Waals surface area contributed by atoms with Gasteiger partial charge < -0.3 is 0 Å². The molecule has 2 rings (SSSR count). The maximum absolute atomic E-state index is 11.7. The minimum atomic E-state index is -4.27. The predicted molar refractivity (Wildman–Crippen MR) is 57.4 cm³/mol. The summed E-state index contributed by atoms with van der Waals surface area (Å²) in [5, 5.41) is 6.65. The highest BCUT2D eigenvalue weighted by atomic mass is 32.2. The van der Waals surface area contributed by atoms with Gasteiger partial charge >= 0.3 is 6.03 Å². The lowest BCUT2D eigenvalue weighted by Gasteiger charge is -2.62. The number of imide groups is 1. The van der Waals surface area contributed by atoms with Crippen molar-refractivity contribution in [3.63, 3.8) is 0 Å². The fraction of sp³-hybridized carbons (Fsp3) is 0.571. The van der Waals surface area contributed by atoms with E-state index in [1.54, 1.807) is 0 Å². The van der Waals surface area contributed by atoms with Crippen molar-refractivity contribution in [2.24, 2.45) is 5.14 Å². The molecule has 0 aliphatic carbocycles.